The molecule has 0 radical (unpaired) electrons. The summed E-state index contributed by atoms with van der Waals surface area (Å²) in [5.74, 6) is 0.632. The molecule has 2 atom stereocenters. The molecule has 2 aliphatic rings. The summed E-state index contributed by atoms with van der Waals surface area (Å²) in [4.78, 5) is 0. The molecule has 1 saturated carbocycles. The van der Waals surface area contributed by atoms with E-state index in [0.717, 1.165) is 25.9 Å². The first-order valence-corrected chi connectivity index (χ1v) is 5.81. The third-order valence-electron chi connectivity index (χ3n) is 3.87. The topological polar surface area (TPSA) is 53.2 Å². The number of nitrogens with zero attached hydrogens (tertiary/aromatic N) is 1. The van der Waals surface area contributed by atoms with Crippen LogP contribution in [0.4, 0.5) is 0 Å². The van der Waals surface area contributed by atoms with E-state index in [0.29, 0.717) is 12.5 Å². The average molecular weight is 209 g/mol. The summed E-state index contributed by atoms with van der Waals surface area (Å²) in [5, 5.41) is 19.8. The standard InChI is InChI=1S/C12H19NO2/c1-11(14,7-10-3-4-10)12(8-13)5-2-6-15-9-12/h10,14H,2-7,9H2,1H3. The van der Waals surface area contributed by atoms with Gasteiger partial charge in [0.05, 0.1) is 18.3 Å². The van der Waals surface area contributed by atoms with Gasteiger partial charge in [-0.15, -0.1) is 0 Å². The first-order chi connectivity index (χ1) is 7.10. The van der Waals surface area contributed by atoms with E-state index in [-0.39, 0.29) is 0 Å². The number of hydrogen-bond donors (Lipinski definition) is 1. The lowest BCUT2D eigenvalue weighted by Gasteiger charge is -2.42. The van der Waals surface area contributed by atoms with Gasteiger partial charge in [0, 0.05) is 6.61 Å². The lowest BCUT2D eigenvalue weighted by atomic mass is 9.68. The maximum atomic E-state index is 10.5. The zero-order valence-electron chi connectivity index (χ0n) is 9.33. The number of nitriles is 1. The second-order valence-corrected chi connectivity index (χ2v) is 5.27. The third kappa shape index (κ3) is 2.02. The summed E-state index contributed by atoms with van der Waals surface area (Å²) < 4.78 is 5.38. The minimum atomic E-state index is -0.886. The Balaban J connectivity index is 2.11. The molecule has 0 aromatic rings. The first kappa shape index (κ1) is 10.9. The molecule has 1 N–H and O–H groups in total. The molecule has 15 heavy (non-hydrogen) atoms. The van der Waals surface area contributed by atoms with Crippen molar-refractivity contribution in [2.24, 2.45) is 11.3 Å². The lowest BCUT2D eigenvalue weighted by Crippen LogP contribution is -2.50. The van der Waals surface area contributed by atoms with E-state index in [1.54, 1.807) is 0 Å². The highest BCUT2D eigenvalue weighted by Gasteiger charge is 2.50. The first-order valence-electron chi connectivity index (χ1n) is 5.81. The molecular weight excluding hydrogens is 190 g/mol. The van der Waals surface area contributed by atoms with E-state index in [4.69, 9.17) is 4.74 Å². The minimum absolute atomic E-state index is 0.392. The van der Waals surface area contributed by atoms with Gasteiger partial charge in [0.2, 0.25) is 0 Å². The van der Waals surface area contributed by atoms with Gasteiger partial charge in [-0.25, -0.2) is 0 Å². The molecule has 0 aromatic carbocycles. The van der Waals surface area contributed by atoms with Crippen LogP contribution in [0.2, 0.25) is 0 Å². The van der Waals surface area contributed by atoms with E-state index in [1.807, 2.05) is 6.92 Å². The molecular formula is C12H19NO2. The molecule has 1 aliphatic heterocycles. The van der Waals surface area contributed by atoms with Crippen LogP contribution in [0, 0.1) is 22.7 Å². The highest BCUT2D eigenvalue weighted by Crippen LogP contribution is 2.46. The fourth-order valence-corrected chi connectivity index (χ4v) is 2.51. The van der Waals surface area contributed by atoms with E-state index in [9.17, 15) is 10.4 Å². The SMILES string of the molecule is CC(O)(CC1CC1)C1(C#N)CCCOC1. The monoisotopic (exact) mass is 209 g/mol. The molecule has 3 heteroatoms. The molecule has 84 valence electrons. The summed E-state index contributed by atoms with van der Waals surface area (Å²) in [7, 11) is 0. The predicted molar refractivity (Wildman–Crippen MR) is 56.1 cm³/mol. The van der Waals surface area contributed by atoms with Crippen LogP contribution < -0.4 is 0 Å². The largest absolute Gasteiger partial charge is 0.388 e. The fourth-order valence-electron chi connectivity index (χ4n) is 2.51. The van der Waals surface area contributed by atoms with Gasteiger partial charge in [-0.2, -0.15) is 5.26 Å². The van der Waals surface area contributed by atoms with Crippen LogP contribution in [-0.4, -0.2) is 23.9 Å². The van der Waals surface area contributed by atoms with Gasteiger partial charge in [0.15, 0.2) is 0 Å². The summed E-state index contributed by atoms with van der Waals surface area (Å²) >= 11 is 0. The van der Waals surface area contributed by atoms with Crippen LogP contribution >= 0.6 is 0 Å². The van der Waals surface area contributed by atoms with Crippen LogP contribution in [0.15, 0.2) is 0 Å². The minimum Gasteiger partial charge on any atom is -0.388 e. The molecule has 1 aliphatic carbocycles. The summed E-state index contributed by atoms with van der Waals surface area (Å²) in [6.07, 6.45) is 4.82. The highest BCUT2D eigenvalue weighted by molar-refractivity contribution is 5.12. The van der Waals surface area contributed by atoms with Crippen molar-refractivity contribution in [1.29, 1.82) is 5.26 Å². The normalized spacial score (nSPS) is 35.5. The summed E-state index contributed by atoms with van der Waals surface area (Å²) in [5.41, 5.74) is -1.56. The zero-order valence-corrected chi connectivity index (χ0v) is 9.33. The van der Waals surface area contributed by atoms with Crippen molar-refractivity contribution in [3.8, 4) is 6.07 Å². The van der Waals surface area contributed by atoms with E-state index in [2.05, 4.69) is 6.07 Å². The van der Waals surface area contributed by atoms with Crippen molar-refractivity contribution in [1.82, 2.24) is 0 Å². The molecule has 1 saturated heterocycles. The molecule has 0 amide bonds. The Morgan fingerprint density at radius 2 is 2.33 bits per heavy atom. The van der Waals surface area contributed by atoms with E-state index >= 15 is 0 Å². The molecule has 0 aromatic heterocycles. The van der Waals surface area contributed by atoms with Crippen molar-refractivity contribution in [3.05, 3.63) is 0 Å². The van der Waals surface area contributed by atoms with Crippen molar-refractivity contribution in [2.45, 2.75) is 44.6 Å². The maximum absolute atomic E-state index is 10.5. The van der Waals surface area contributed by atoms with Crippen LogP contribution in [0.1, 0.15) is 39.0 Å². The quantitative estimate of drug-likeness (QED) is 0.771. The third-order valence-corrected chi connectivity index (χ3v) is 3.87. The number of ether oxygens (including phenoxy) is 1. The Hall–Kier alpha value is -0.590. The average Bonchev–Trinajstić information content (AvgIpc) is 3.02. The Bertz CT molecular complexity index is 270. The lowest BCUT2D eigenvalue weighted by molar-refractivity contribution is -0.114. The second kappa shape index (κ2) is 3.77. The fraction of sp³-hybridized carbons (Fsp3) is 0.917. The Labute approximate surface area is 91.0 Å². The van der Waals surface area contributed by atoms with Crippen molar-refractivity contribution < 1.29 is 9.84 Å². The van der Waals surface area contributed by atoms with Gasteiger partial charge in [0.25, 0.3) is 0 Å². The second-order valence-electron chi connectivity index (χ2n) is 5.27. The Morgan fingerprint density at radius 3 is 2.80 bits per heavy atom. The molecule has 2 rings (SSSR count). The molecule has 3 nitrogen and oxygen atoms in total. The molecule has 2 fully saturated rings. The van der Waals surface area contributed by atoms with Gasteiger partial charge in [-0.05, 0) is 32.1 Å². The number of hydrogen-bond acceptors (Lipinski definition) is 3. The van der Waals surface area contributed by atoms with Crippen LogP contribution in [0.3, 0.4) is 0 Å². The summed E-state index contributed by atoms with van der Waals surface area (Å²) in [6, 6.07) is 2.32. The van der Waals surface area contributed by atoms with Crippen molar-refractivity contribution in [3.63, 3.8) is 0 Å². The maximum Gasteiger partial charge on any atom is 0.109 e. The van der Waals surface area contributed by atoms with Crippen molar-refractivity contribution >= 4 is 0 Å². The smallest absolute Gasteiger partial charge is 0.109 e. The molecule has 0 spiro atoms. The molecule has 2 unspecified atom stereocenters. The van der Waals surface area contributed by atoms with Gasteiger partial charge >= 0.3 is 0 Å². The summed E-state index contributed by atoms with van der Waals surface area (Å²) in [6.45, 7) is 2.93. The van der Waals surface area contributed by atoms with Gasteiger partial charge in [-0.1, -0.05) is 12.8 Å². The number of rotatable bonds is 3. The van der Waals surface area contributed by atoms with Crippen LogP contribution in [-0.2, 0) is 4.74 Å². The number of aliphatic hydroxyl groups is 1. The zero-order chi connectivity index (χ0) is 10.9. The van der Waals surface area contributed by atoms with Gasteiger partial charge in [-0.3, -0.25) is 0 Å². The van der Waals surface area contributed by atoms with E-state index in [1.165, 1.54) is 12.8 Å². The van der Waals surface area contributed by atoms with E-state index < -0.39 is 11.0 Å². The van der Waals surface area contributed by atoms with Crippen molar-refractivity contribution in [2.75, 3.05) is 13.2 Å². The molecule has 1 heterocycles. The molecule has 0 bridgehead atoms. The van der Waals surface area contributed by atoms with Gasteiger partial charge in [0.1, 0.15) is 5.41 Å². The Kier molecular flexibility index (Phi) is 2.74. The van der Waals surface area contributed by atoms with Crippen LogP contribution in [0.25, 0.3) is 0 Å². The highest BCUT2D eigenvalue weighted by atomic mass is 16.5. The van der Waals surface area contributed by atoms with Gasteiger partial charge < -0.3 is 9.84 Å². The Morgan fingerprint density at radius 1 is 1.60 bits per heavy atom. The van der Waals surface area contributed by atoms with Crippen LogP contribution in [0.5, 0.6) is 0 Å². The predicted octanol–water partition coefficient (Wildman–Crippen LogP) is 1.86.